The highest BCUT2D eigenvalue weighted by molar-refractivity contribution is 9.10. The number of carbonyl (C=O) groups excluding carboxylic acids is 1. The van der Waals surface area contributed by atoms with Gasteiger partial charge in [-0.1, -0.05) is 46.3 Å². The summed E-state index contributed by atoms with van der Waals surface area (Å²) in [6.45, 7) is 2.38. The van der Waals surface area contributed by atoms with Crippen molar-refractivity contribution in [2.75, 3.05) is 5.32 Å². The molecule has 0 aromatic heterocycles. The van der Waals surface area contributed by atoms with Gasteiger partial charge in [0.2, 0.25) is 5.91 Å². The molecule has 2 aromatic rings. The van der Waals surface area contributed by atoms with Crippen LogP contribution in [0.4, 0.5) is 5.69 Å². The zero-order valence-corrected chi connectivity index (χ0v) is 14.1. The maximum atomic E-state index is 11.3. The van der Waals surface area contributed by atoms with Gasteiger partial charge in [0, 0.05) is 16.7 Å². The van der Waals surface area contributed by atoms with Gasteiger partial charge in [0.1, 0.15) is 0 Å². The van der Waals surface area contributed by atoms with Crippen LogP contribution >= 0.6 is 15.9 Å². The van der Waals surface area contributed by atoms with Crippen LogP contribution in [-0.2, 0) is 17.8 Å². The fraction of sp³-hybridized carbons (Fsp3) is 0.235. The van der Waals surface area contributed by atoms with Crippen LogP contribution in [0.5, 0.6) is 0 Å². The molecule has 0 heterocycles. The van der Waals surface area contributed by atoms with E-state index >= 15 is 0 Å². The van der Waals surface area contributed by atoms with Gasteiger partial charge in [-0.25, -0.2) is 0 Å². The molecule has 0 aliphatic heterocycles. The maximum Gasteiger partial charge on any atom is 0.237 e. The summed E-state index contributed by atoms with van der Waals surface area (Å²) in [5.41, 5.74) is 13.3. The summed E-state index contributed by atoms with van der Waals surface area (Å²) in [6, 6.07) is 15.9. The number of primary amides is 1. The van der Waals surface area contributed by atoms with Crippen molar-refractivity contribution in [2.24, 2.45) is 11.5 Å². The quantitative estimate of drug-likeness (QED) is 0.739. The average molecular weight is 362 g/mol. The second-order valence-corrected chi connectivity index (χ2v) is 6.45. The number of benzene rings is 2. The van der Waals surface area contributed by atoms with Gasteiger partial charge < -0.3 is 16.8 Å². The molecule has 1 amide bonds. The van der Waals surface area contributed by atoms with E-state index in [1.165, 1.54) is 5.56 Å². The molecular formula is C17H20BrN3O. The zero-order valence-electron chi connectivity index (χ0n) is 12.5. The number of hydrogen-bond acceptors (Lipinski definition) is 3. The molecule has 0 aliphatic carbocycles. The molecule has 0 radical (unpaired) electrons. The first kappa shape index (κ1) is 16.5. The Morgan fingerprint density at radius 2 is 1.82 bits per heavy atom. The van der Waals surface area contributed by atoms with Gasteiger partial charge in [0.15, 0.2) is 0 Å². The first-order valence-electron chi connectivity index (χ1n) is 7.03. The van der Waals surface area contributed by atoms with Gasteiger partial charge in [0.05, 0.1) is 5.54 Å². The van der Waals surface area contributed by atoms with Gasteiger partial charge >= 0.3 is 0 Å². The summed E-state index contributed by atoms with van der Waals surface area (Å²) < 4.78 is 1.08. The molecule has 0 saturated carbocycles. The molecule has 0 spiro atoms. The first-order chi connectivity index (χ1) is 10.4. The van der Waals surface area contributed by atoms with E-state index in [9.17, 15) is 4.79 Å². The molecule has 4 nitrogen and oxygen atoms in total. The summed E-state index contributed by atoms with van der Waals surface area (Å²) >= 11 is 3.53. The predicted molar refractivity (Wildman–Crippen MR) is 93.4 cm³/mol. The minimum atomic E-state index is -1.02. The van der Waals surface area contributed by atoms with Crippen molar-refractivity contribution in [1.29, 1.82) is 0 Å². The molecule has 116 valence electrons. The van der Waals surface area contributed by atoms with Crippen LogP contribution in [0.1, 0.15) is 18.1 Å². The Morgan fingerprint density at radius 3 is 2.41 bits per heavy atom. The lowest BCUT2D eigenvalue weighted by atomic mass is 9.93. The van der Waals surface area contributed by atoms with Crippen LogP contribution in [0.25, 0.3) is 0 Å². The number of anilines is 1. The molecule has 22 heavy (non-hydrogen) atoms. The topological polar surface area (TPSA) is 81.1 Å². The highest BCUT2D eigenvalue weighted by atomic mass is 79.9. The summed E-state index contributed by atoms with van der Waals surface area (Å²) in [6.07, 6.45) is 0.423. The van der Waals surface area contributed by atoms with E-state index < -0.39 is 11.4 Å². The molecule has 0 fully saturated rings. The molecule has 1 unspecified atom stereocenters. The molecular weight excluding hydrogens is 342 g/mol. The number of nitrogens with one attached hydrogen (secondary N) is 1. The number of nitrogens with two attached hydrogens (primary N) is 2. The fourth-order valence-electron chi connectivity index (χ4n) is 2.09. The molecule has 0 saturated heterocycles. The molecule has 5 heteroatoms. The number of rotatable bonds is 6. The molecule has 1 atom stereocenters. The SMILES string of the molecule is CC(N)(Cc1ccc(NCc2ccccc2Br)cc1)C(N)=O. The van der Waals surface area contributed by atoms with Crippen molar-refractivity contribution < 1.29 is 4.79 Å². The van der Waals surface area contributed by atoms with Crippen LogP contribution in [-0.4, -0.2) is 11.4 Å². The van der Waals surface area contributed by atoms with Gasteiger partial charge in [-0.2, -0.15) is 0 Å². The normalized spacial score (nSPS) is 13.4. The summed E-state index contributed by atoms with van der Waals surface area (Å²) in [7, 11) is 0. The van der Waals surface area contributed by atoms with Crippen molar-refractivity contribution in [1.82, 2.24) is 0 Å². The Bertz CT molecular complexity index is 653. The molecule has 0 bridgehead atoms. The van der Waals surface area contributed by atoms with Crippen LogP contribution in [0.3, 0.4) is 0 Å². The van der Waals surface area contributed by atoms with Crippen molar-refractivity contribution in [2.45, 2.75) is 25.4 Å². The third-order valence-electron chi connectivity index (χ3n) is 3.53. The monoisotopic (exact) mass is 361 g/mol. The Hall–Kier alpha value is -1.85. The predicted octanol–water partition coefficient (Wildman–Crippen LogP) is 2.81. The standard InChI is InChI=1S/C17H20BrN3O/c1-17(20,16(19)22)10-12-6-8-14(9-7-12)21-11-13-4-2-3-5-15(13)18/h2-9,21H,10-11,20H2,1H3,(H2,19,22). The van der Waals surface area contributed by atoms with Gasteiger partial charge in [-0.05, 0) is 42.7 Å². The van der Waals surface area contributed by atoms with E-state index in [-0.39, 0.29) is 0 Å². The molecule has 5 N–H and O–H groups in total. The second kappa shape index (κ2) is 6.94. The van der Waals surface area contributed by atoms with Crippen molar-refractivity contribution in [3.8, 4) is 0 Å². The van der Waals surface area contributed by atoms with E-state index in [0.717, 1.165) is 22.3 Å². The average Bonchev–Trinajstić information content (AvgIpc) is 2.47. The Labute approximate surface area is 139 Å². The minimum absolute atomic E-state index is 0.423. The Kier molecular flexibility index (Phi) is 5.21. The van der Waals surface area contributed by atoms with Crippen molar-refractivity contribution >= 4 is 27.5 Å². The maximum absolute atomic E-state index is 11.3. The fourth-order valence-corrected chi connectivity index (χ4v) is 2.52. The van der Waals surface area contributed by atoms with Crippen LogP contribution < -0.4 is 16.8 Å². The van der Waals surface area contributed by atoms with Crippen LogP contribution in [0, 0.1) is 0 Å². The van der Waals surface area contributed by atoms with Crippen LogP contribution in [0.15, 0.2) is 53.0 Å². The number of carbonyl (C=O) groups is 1. The van der Waals surface area contributed by atoms with Gasteiger partial charge in [-0.3, -0.25) is 4.79 Å². The summed E-state index contributed by atoms with van der Waals surface area (Å²) in [5.74, 6) is -0.497. The molecule has 0 aliphatic rings. The summed E-state index contributed by atoms with van der Waals surface area (Å²) in [5, 5.41) is 3.36. The largest absolute Gasteiger partial charge is 0.381 e. The number of hydrogen-bond donors (Lipinski definition) is 3. The number of halogens is 1. The summed E-state index contributed by atoms with van der Waals surface area (Å²) in [4.78, 5) is 11.3. The van der Waals surface area contributed by atoms with E-state index in [1.54, 1.807) is 6.92 Å². The smallest absolute Gasteiger partial charge is 0.237 e. The Morgan fingerprint density at radius 1 is 1.18 bits per heavy atom. The third kappa shape index (κ3) is 4.32. The van der Waals surface area contributed by atoms with E-state index in [2.05, 4.69) is 27.3 Å². The highest BCUT2D eigenvalue weighted by Crippen LogP contribution is 2.19. The van der Waals surface area contributed by atoms with Gasteiger partial charge in [0.25, 0.3) is 0 Å². The highest BCUT2D eigenvalue weighted by Gasteiger charge is 2.25. The number of amides is 1. The van der Waals surface area contributed by atoms with Crippen molar-refractivity contribution in [3.05, 3.63) is 64.1 Å². The van der Waals surface area contributed by atoms with E-state index in [1.807, 2.05) is 42.5 Å². The van der Waals surface area contributed by atoms with Gasteiger partial charge in [-0.15, -0.1) is 0 Å². The van der Waals surface area contributed by atoms with Crippen LogP contribution in [0.2, 0.25) is 0 Å². The lowest BCUT2D eigenvalue weighted by Gasteiger charge is -2.20. The van der Waals surface area contributed by atoms with E-state index in [0.29, 0.717) is 6.42 Å². The first-order valence-corrected chi connectivity index (χ1v) is 7.83. The zero-order chi connectivity index (χ0) is 16.2. The van der Waals surface area contributed by atoms with E-state index in [4.69, 9.17) is 11.5 Å². The minimum Gasteiger partial charge on any atom is -0.381 e. The lowest BCUT2D eigenvalue weighted by Crippen LogP contribution is -2.51. The second-order valence-electron chi connectivity index (χ2n) is 5.60. The Balaban J connectivity index is 1.98. The molecule has 2 rings (SSSR count). The lowest BCUT2D eigenvalue weighted by molar-refractivity contribution is -0.122. The third-order valence-corrected chi connectivity index (χ3v) is 4.30. The molecule has 2 aromatic carbocycles. The van der Waals surface area contributed by atoms with Crippen molar-refractivity contribution in [3.63, 3.8) is 0 Å².